The first-order valence-electron chi connectivity index (χ1n) is 8.61. The molecule has 0 aromatic heterocycles. The molecule has 0 fully saturated rings. The van der Waals surface area contributed by atoms with Gasteiger partial charge >= 0.3 is 6.09 Å². The van der Waals surface area contributed by atoms with Gasteiger partial charge < -0.3 is 14.9 Å². The number of amides is 1. The first kappa shape index (κ1) is 20.2. The van der Waals surface area contributed by atoms with Crippen LogP contribution in [-0.2, 0) is 9.30 Å². The number of carbonyl (C=O) groups is 1. The number of hydrogen-bond acceptors (Lipinski definition) is 3. The number of nitrogens with one attached hydrogen (secondary N) is 1. The average Bonchev–Trinajstić information content (AvgIpc) is 2.83. The normalized spacial score (nSPS) is 20.7. The second kappa shape index (κ2) is 8.89. The highest BCUT2D eigenvalue weighted by atomic mass is 31.2. The summed E-state index contributed by atoms with van der Waals surface area (Å²) in [5.74, 6) is 0. The van der Waals surface area contributed by atoms with Gasteiger partial charge in [0.25, 0.3) is 0 Å². The molecule has 1 amide bonds. The van der Waals surface area contributed by atoms with Gasteiger partial charge in [0.05, 0.1) is 6.04 Å². The highest BCUT2D eigenvalue weighted by Crippen LogP contribution is 2.40. The van der Waals surface area contributed by atoms with E-state index in [2.05, 4.69) is 11.4 Å². The summed E-state index contributed by atoms with van der Waals surface area (Å²) >= 11 is 0. The number of hydrogen-bond donors (Lipinski definition) is 2. The van der Waals surface area contributed by atoms with Crippen molar-refractivity contribution in [3.8, 4) is 0 Å². The van der Waals surface area contributed by atoms with Gasteiger partial charge in [0.2, 0.25) is 0 Å². The molecule has 1 aliphatic rings. The lowest BCUT2D eigenvalue weighted by atomic mass is 10.1. The Morgan fingerprint density at radius 1 is 1.39 bits per heavy atom. The summed E-state index contributed by atoms with van der Waals surface area (Å²) in [6.45, 7) is 7.33. The Balaban J connectivity index is 2.22. The Hall–Kier alpha value is -0.800. The van der Waals surface area contributed by atoms with Gasteiger partial charge in [-0.05, 0) is 52.9 Å². The molecule has 0 heterocycles. The van der Waals surface area contributed by atoms with Crippen molar-refractivity contribution in [1.29, 1.82) is 0 Å². The zero-order chi connectivity index (χ0) is 17.5. The van der Waals surface area contributed by atoms with Crippen LogP contribution in [-0.4, -0.2) is 35.0 Å². The summed E-state index contributed by atoms with van der Waals surface area (Å²) in [4.78, 5) is 21.3. The Labute approximate surface area is 140 Å². The van der Waals surface area contributed by atoms with Crippen LogP contribution in [0.2, 0.25) is 0 Å². The third-order valence-electron chi connectivity index (χ3n) is 3.92. The lowest BCUT2D eigenvalue weighted by Crippen LogP contribution is -2.37. The molecule has 0 saturated carbocycles. The molecule has 0 spiro atoms. The zero-order valence-electron chi connectivity index (χ0n) is 14.9. The molecule has 134 valence electrons. The molecular weight excluding hydrogens is 313 g/mol. The number of ether oxygens (including phenoxy) is 1. The quantitative estimate of drug-likeness (QED) is 0.387. The Kier molecular flexibility index (Phi) is 7.82. The highest BCUT2D eigenvalue weighted by Gasteiger charge is 2.21. The number of alkyl carbamates (subject to hydrolysis) is 1. The molecule has 0 aliphatic heterocycles. The van der Waals surface area contributed by atoms with Crippen LogP contribution in [0.4, 0.5) is 4.79 Å². The van der Waals surface area contributed by atoms with Gasteiger partial charge in [-0.25, -0.2) is 4.79 Å². The molecule has 2 unspecified atom stereocenters. The van der Waals surface area contributed by atoms with E-state index >= 15 is 0 Å². The van der Waals surface area contributed by atoms with E-state index in [-0.39, 0.29) is 12.1 Å². The van der Waals surface area contributed by atoms with E-state index in [4.69, 9.17) is 4.74 Å². The molecular formula is C17H32NO4P. The van der Waals surface area contributed by atoms with Crippen LogP contribution < -0.4 is 5.32 Å². The van der Waals surface area contributed by atoms with Crippen molar-refractivity contribution < 1.29 is 19.0 Å². The van der Waals surface area contributed by atoms with Crippen molar-refractivity contribution >= 4 is 13.5 Å². The van der Waals surface area contributed by atoms with E-state index in [9.17, 15) is 14.3 Å². The van der Waals surface area contributed by atoms with Gasteiger partial charge in [0.1, 0.15) is 5.60 Å². The first-order valence-corrected chi connectivity index (χ1v) is 10.6. The van der Waals surface area contributed by atoms with Crippen LogP contribution in [0, 0.1) is 0 Å². The second-order valence-electron chi connectivity index (χ2n) is 7.31. The number of unbranched alkanes of at least 4 members (excludes halogenated alkanes) is 2. The number of allylic oxidation sites excluding steroid dienone is 1. The summed E-state index contributed by atoms with van der Waals surface area (Å²) in [6, 6.07) is 0.0672. The smallest absolute Gasteiger partial charge is 0.408 e. The molecule has 0 radical (unpaired) electrons. The Morgan fingerprint density at radius 2 is 2.09 bits per heavy atom. The lowest BCUT2D eigenvalue weighted by molar-refractivity contribution is 0.0514. The molecule has 5 nitrogen and oxygen atoms in total. The monoisotopic (exact) mass is 345 g/mol. The van der Waals surface area contributed by atoms with Gasteiger partial charge in [-0.15, -0.1) is 0 Å². The van der Waals surface area contributed by atoms with Gasteiger partial charge in [0, 0.05) is 12.3 Å². The average molecular weight is 345 g/mol. The molecule has 2 N–H and O–H groups in total. The molecule has 1 rings (SSSR count). The Bertz CT molecular complexity index is 468. The molecule has 0 aromatic rings. The largest absolute Gasteiger partial charge is 0.444 e. The highest BCUT2D eigenvalue weighted by molar-refractivity contribution is 7.57. The predicted molar refractivity (Wildman–Crippen MR) is 94.2 cm³/mol. The van der Waals surface area contributed by atoms with E-state index in [1.165, 1.54) is 5.57 Å². The van der Waals surface area contributed by atoms with Crippen molar-refractivity contribution in [3.63, 3.8) is 0 Å². The molecule has 0 bridgehead atoms. The molecule has 1 aliphatic carbocycles. The van der Waals surface area contributed by atoms with Gasteiger partial charge in [-0.2, -0.15) is 0 Å². The SMILES string of the molecule is CCP(=O)(O)CCCCCC1=CC(NC(=O)OC(C)(C)C)CC1. The maximum Gasteiger partial charge on any atom is 0.408 e. The standard InChI is InChI=1S/C17H32NO4P/c1-5-23(20,21)12-8-6-7-9-14-10-11-15(13-14)18-16(19)22-17(2,3)4/h13,15H,5-12H2,1-4H3,(H,18,19)(H,20,21). The van der Waals surface area contributed by atoms with Crippen LogP contribution in [0.3, 0.4) is 0 Å². The summed E-state index contributed by atoms with van der Waals surface area (Å²) in [5, 5.41) is 2.89. The van der Waals surface area contributed by atoms with Crippen molar-refractivity contribution in [2.24, 2.45) is 0 Å². The summed E-state index contributed by atoms with van der Waals surface area (Å²) < 4.78 is 16.8. The first-order chi connectivity index (χ1) is 10.6. The molecule has 0 aromatic carbocycles. The predicted octanol–water partition coefficient (Wildman–Crippen LogP) is 4.45. The Morgan fingerprint density at radius 3 is 2.70 bits per heavy atom. The fourth-order valence-electron chi connectivity index (χ4n) is 2.62. The molecule has 0 saturated heterocycles. The van der Waals surface area contributed by atoms with Gasteiger partial charge in [0.15, 0.2) is 7.37 Å². The van der Waals surface area contributed by atoms with Crippen LogP contribution in [0.15, 0.2) is 11.6 Å². The van der Waals surface area contributed by atoms with Crippen molar-refractivity contribution in [1.82, 2.24) is 5.32 Å². The summed E-state index contributed by atoms with van der Waals surface area (Å²) in [6.07, 6.45) is 8.35. The number of rotatable bonds is 8. The van der Waals surface area contributed by atoms with Crippen LogP contribution >= 0.6 is 7.37 Å². The molecule has 23 heavy (non-hydrogen) atoms. The fourth-order valence-corrected chi connectivity index (χ4v) is 3.65. The van der Waals surface area contributed by atoms with Crippen LogP contribution in [0.5, 0.6) is 0 Å². The van der Waals surface area contributed by atoms with Gasteiger partial charge in [-0.3, -0.25) is 4.57 Å². The second-order valence-corrected chi connectivity index (χ2v) is 10.1. The minimum atomic E-state index is -2.86. The van der Waals surface area contributed by atoms with E-state index in [0.29, 0.717) is 12.3 Å². The van der Waals surface area contributed by atoms with E-state index in [0.717, 1.165) is 38.5 Å². The third-order valence-corrected chi connectivity index (χ3v) is 5.92. The third kappa shape index (κ3) is 9.17. The van der Waals surface area contributed by atoms with Gasteiger partial charge in [-0.1, -0.05) is 25.0 Å². The maximum atomic E-state index is 11.7. The lowest BCUT2D eigenvalue weighted by Gasteiger charge is -2.21. The summed E-state index contributed by atoms with van der Waals surface area (Å²) in [7, 11) is -2.86. The van der Waals surface area contributed by atoms with Crippen molar-refractivity contribution in [2.75, 3.05) is 12.3 Å². The van der Waals surface area contributed by atoms with E-state index in [1.54, 1.807) is 6.92 Å². The zero-order valence-corrected chi connectivity index (χ0v) is 15.8. The minimum absolute atomic E-state index is 0.0672. The van der Waals surface area contributed by atoms with E-state index in [1.807, 2.05) is 20.8 Å². The van der Waals surface area contributed by atoms with Crippen LogP contribution in [0.1, 0.15) is 66.2 Å². The van der Waals surface area contributed by atoms with Crippen LogP contribution in [0.25, 0.3) is 0 Å². The topological polar surface area (TPSA) is 75.6 Å². The maximum absolute atomic E-state index is 11.7. The molecule has 2 atom stereocenters. The van der Waals surface area contributed by atoms with E-state index < -0.39 is 13.0 Å². The molecule has 6 heteroatoms. The fraction of sp³-hybridized carbons (Fsp3) is 0.824. The number of carbonyl (C=O) groups excluding carboxylic acids is 1. The van der Waals surface area contributed by atoms with Crippen molar-refractivity contribution in [3.05, 3.63) is 11.6 Å². The minimum Gasteiger partial charge on any atom is -0.444 e. The summed E-state index contributed by atoms with van der Waals surface area (Å²) in [5.41, 5.74) is 0.897. The van der Waals surface area contributed by atoms with Crippen molar-refractivity contribution in [2.45, 2.75) is 77.9 Å².